The molecule has 20 heavy (non-hydrogen) atoms. The lowest BCUT2D eigenvalue weighted by Crippen LogP contribution is -2.31. The monoisotopic (exact) mass is 275 g/mol. The summed E-state index contributed by atoms with van der Waals surface area (Å²) in [5.41, 5.74) is 0. The highest BCUT2D eigenvalue weighted by Gasteiger charge is 2.07. The van der Waals surface area contributed by atoms with Crippen LogP contribution in [0.2, 0.25) is 0 Å². The van der Waals surface area contributed by atoms with E-state index in [9.17, 15) is 5.11 Å². The Morgan fingerprint density at radius 2 is 2.15 bits per heavy atom. The number of benzene rings is 1. The molecule has 2 rings (SSSR count). The summed E-state index contributed by atoms with van der Waals surface area (Å²) in [6, 6.07) is 7.30. The fourth-order valence-corrected chi connectivity index (χ4v) is 2.10. The van der Waals surface area contributed by atoms with Gasteiger partial charge in [-0.1, -0.05) is 6.07 Å². The zero-order valence-corrected chi connectivity index (χ0v) is 12.0. The van der Waals surface area contributed by atoms with E-state index >= 15 is 0 Å². The lowest BCUT2D eigenvalue weighted by atomic mass is 10.1. The maximum atomic E-state index is 9.64. The largest absolute Gasteiger partial charge is 0.508 e. The van der Waals surface area contributed by atoms with Gasteiger partial charge in [-0.2, -0.15) is 0 Å². The van der Waals surface area contributed by atoms with Gasteiger partial charge in [-0.15, -0.1) is 0 Å². The van der Waals surface area contributed by atoms with Crippen LogP contribution in [0.3, 0.4) is 0 Å². The van der Waals surface area contributed by atoms with Crippen LogP contribution in [0.4, 0.5) is 5.82 Å². The molecule has 1 heterocycles. The molecule has 0 atom stereocenters. The number of likely N-dealkylation sites (N-methyl/N-ethyl adjacent to an activating group) is 1. The normalized spacial score (nSPS) is 10.9. The molecule has 5 heteroatoms. The Hall–Kier alpha value is -1.85. The third-order valence-corrected chi connectivity index (χ3v) is 3.20. The Balaban J connectivity index is 2.05. The molecule has 0 amide bonds. The third kappa shape index (κ3) is 3.59. The molecule has 0 saturated carbocycles. The first-order valence-electron chi connectivity index (χ1n) is 6.71. The van der Waals surface area contributed by atoms with E-state index in [0.29, 0.717) is 6.61 Å². The predicted molar refractivity (Wildman–Crippen MR) is 81.4 cm³/mol. The van der Waals surface area contributed by atoms with Gasteiger partial charge in [0.2, 0.25) is 0 Å². The van der Waals surface area contributed by atoms with Gasteiger partial charge in [-0.05, 0) is 23.6 Å². The quantitative estimate of drug-likeness (QED) is 0.752. The maximum absolute atomic E-state index is 9.64. The number of pyridine rings is 1. The number of aromatic hydroxyl groups is 1. The predicted octanol–water partition coefficient (Wildman–Crippen LogP) is 1.61. The van der Waals surface area contributed by atoms with E-state index in [0.717, 1.165) is 36.2 Å². The van der Waals surface area contributed by atoms with E-state index in [-0.39, 0.29) is 5.75 Å². The van der Waals surface area contributed by atoms with E-state index < -0.39 is 0 Å². The first kappa shape index (κ1) is 14.6. The summed E-state index contributed by atoms with van der Waals surface area (Å²) in [5.74, 6) is 1.14. The first-order chi connectivity index (χ1) is 9.72. The molecule has 0 aliphatic heterocycles. The van der Waals surface area contributed by atoms with Crippen molar-refractivity contribution >= 4 is 16.6 Å². The molecule has 1 aromatic carbocycles. The minimum absolute atomic E-state index is 0.262. The highest BCUT2D eigenvalue weighted by molar-refractivity contribution is 5.93. The fraction of sp³-hybridized carbons (Fsp3) is 0.400. The van der Waals surface area contributed by atoms with Crippen LogP contribution < -0.4 is 10.2 Å². The summed E-state index contributed by atoms with van der Waals surface area (Å²) < 4.78 is 4.99. The van der Waals surface area contributed by atoms with Crippen molar-refractivity contribution in [2.45, 2.75) is 0 Å². The van der Waals surface area contributed by atoms with Gasteiger partial charge in [0.05, 0.1) is 6.61 Å². The molecule has 0 unspecified atom stereocenters. The van der Waals surface area contributed by atoms with Crippen molar-refractivity contribution < 1.29 is 9.84 Å². The second-order valence-corrected chi connectivity index (χ2v) is 4.70. The van der Waals surface area contributed by atoms with Crippen molar-refractivity contribution in [1.82, 2.24) is 10.3 Å². The second-order valence-electron chi connectivity index (χ2n) is 4.70. The molecule has 2 N–H and O–H groups in total. The topological polar surface area (TPSA) is 57.6 Å². The van der Waals surface area contributed by atoms with Gasteiger partial charge in [0.1, 0.15) is 11.6 Å². The molecule has 2 aromatic rings. The van der Waals surface area contributed by atoms with E-state index in [1.807, 2.05) is 19.2 Å². The van der Waals surface area contributed by atoms with Gasteiger partial charge in [0.15, 0.2) is 0 Å². The number of rotatable bonds is 7. The number of hydrogen-bond donors (Lipinski definition) is 2. The average Bonchev–Trinajstić information content (AvgIpc) is 2.46. The molecule has 0 saturated heterocycles. The summed E-state index contributed by atoms with van der Waals surface area (Å²) in [5, 5.41) is 15.0. The van der Waals surface area contributed by atoms with Gasteiger partial charge in [-0.3, -0.25) is 0 Å². The van der Waals surface area contributed by atoms with Crippen molar-refractivity contribution in [2.75, 3.05) is 45.3 Å². The van der Waals surface area contributed by atoms with Crippen LogP contribution in [0, 0.1) is 0 Å². The average molecular weight is 275 g/mol. The highest BCUT2D eigenvalue weighted by Crippen LogP contribution is 2.26. The summed E-state index contributed by atoms with van der Waals surface area (Å²) in [7, 11) is 3.70. The summed E-state index contributed by atoms with van der Waals surface area (Å²) in [4.78, 5) is 6.51. The van der Waals surface area contributed by atoms with Crippen molar-refractivity contribution in [2.24, 2.45) is 0 Å². The van der Waals surface area contributed by atoms with Gasteiger partial charge >= 0.3 is 0 Å². The number of aromatic nitrogens is 1. The highest BCUT2D eigenvalue weighted by atomic mass is 16.5. The lowest BCUT2D eigenvalue weighted by molar-refractivity contribution is 0.200. The number of fused-ring (bicyclic) bond motifs is 1. The number of anilines is 1. The summed E-state index contributed by atoms with van der Waals surface area (Å²) >= 11 is 0. The standard InChI is InChI=1S/C15H21N3O2/c1-18(9-7-16-8-10-20-2)15-14-11-13(19)4-3-12(14)5-6-17-15/h3-6,11,16,19H,7-10H2,1-2H3. The number of hydrogen-bond acceptors (Lipinski definition) is 5. The van der Waals surface area contributed by atoms with Crippen LogP contribution in [-0.4, -0.2) is 50.5 Å². The SMILES string of the molecule is COCCNCCN(C)c1nccc2ccc(O)cc12. The number of ether oxygens (including phenoxy) is 1. The molecular formula is C15H21N3O2. The second kappa shape index (κ2) is 7.07. The Labute approximate surface area is 119 Å². The fourth-order valence-electron chi connectivity index (χ4n) is 2.10. The third-order valence-electron chi connectivity index (χ3n) is 3.20. The van der Waals surface area contributed by atoms with Crippen LogP contribution >= 0.6 is 0 Å². The van der Waals surface area contributed by atoms with Crippen molar-refractivity contribution in [3.63, 3.8) is 0 Å². The molecule has 0 radical (unpaired) electrons. The Morgan fingerprint density at radius 3 is 2.95 bits per heavy atom. The zero-order chi connectivity index (χ0) is 14.4. The number of phenolic OH excluding ortho intramolecular Hbond substituents is 1. The van der Waals surface area contributed by atoms with Gasteiger partial charge in [-0.25, -0.2) is 4.98 Å². The Bertz CT molecular complexity index is 560. The van der Waals surface area contributed by atoms with Gasteiger partial charge in [0.25, 0.3) is 0 Å². The van der Waals surface area contributed by atoms with Gasteiger partial charge in [0, 0.05) is 45.4 Å². The van der Waals surface area contributed by atoms with Crippen LogP contribution in [0.5, 0.6) is 5.75 Å². The van der Waals surface area contributed by atoms with E-state index in [1.165, 1.54) is 0 Å². The number of nitrogens with zero attached hydrogens (tertiary/aromatic N) is 2. The molecule has 0 bridgehead atoms. The van der Waals surface area contributed by atoms with E-state index in [2.05, 4.69) is 15.2 Å². The summed E-state index contributed by atoms with van der Waals surface area (Å²) in [6.45, 7) is 3.25. The smallest absolute Gasteiger partial charge is 0.136 e. The lowest BCUT2D eigenvalue weighted by Gasteiger charge is -2.20. The number of methoxy groups -OCH3 is 1. The van der Waals surface area contributed by atoms with Crippen molar-refractivity contribution in [1.29, 1.82) is 0 Å². The molecule has 0 fully saturated rings. The van der Waals surface area contributed by atoms with Crippen LogP contribution in [0.1, 0.15) is 0 Å². The van der Waals surface area contributed by atoms with E-state index in [1.54, 1.807) is 25.4 Å². The molecular weight excluding hydrogens is 254 g/mol. The minimum atomic E-state index is 0.262. The summed E-state index contributed by atoms with van der Waals surface area (Å²) in [6.07, 6.45) is 1.80. The van der Waals surface area contributed by atoms with Crippen LogP contribution in [0.15, 0.2) is 30.5 Å². The molecule has 5 nitrogen and oxygen atoms in total. The molecule has 0 aliphatic rings. The Kier molecular flexibility index (Phi) is 5.15. The van der Waals surface area contributed by atoms with Crippen molar-refractivity contribution in [3.05, 3.63) is 30.5 Å². The Morgan fingerprint density at radius 1 is 1.30 bits per heavy atom. The molecule has 108 valence electrons. The van der Waals surface area contributed by atoms with Crippen molar-refractivity contribution in [3.8, 4) is 5.75 Å². The molecule has 0 aliphatic carbocycles. The zero-order valence-electron chi connectivity index (χ0n) is 12.0. The molecule has 1 aromatic heterocycles. The van der Waals surface area contributed by atoms with Crippen LogP contribution in [0.25, 0.3) is 10.8 Å². The first-order valence-corrected chi connectivity index (χ1v) is 6.71. The number of nitrogens with one attached hydrogen (secondary N) is 1. The molecule has 0 spiro atoms. The van der Waals surface area contributed by atoms with Crippen LogP contribution in [-0.2, 0) is 4.74 Å². The number of phenols is 1. The van der Waals surface area contributed by atoms with E-state index in [4.69, 9.17) is 4.74 Å². The minimum Gasteiger partial charge on any atom is -0.508 e. The maximum Gasteiger partial charge on any atom is 0.136 e. The van der Waals surface area contributed by atoms with Gasteiger partial charge < -0.3 is 20.1 Å².